The quantitative estimate of drug-likeness (QED) is 0.753. The van der Waals surface area contributed by atoms with Crippen LogP contribution < -0.4 is 10.1 Å². The lowest BCUT2D eigenvalue weighted by molar-refractivity contribution is 0.181. The number of aromatic nitrogens is 1. The van der Waals surface area contributed by atoms with Gasteiger partial charge in [-0.1, -0.05) is 24.3 Å². The van der Waals surface area contributed by atoms with Crippen molar-refractivity contribution in [3.05, 3.63) is 83.9 Å². The fourth-order valence-corrected chi connectivity index (χ4v) is 3.56. The largest absolute Gasteiger partial charge is 0.495 e. The van der Waals surface area contributed by atoms with E-state index in [-0.39, 0.29) is 17.9 Å². The molecule has 0 saturated heterocycles. The number of nitrogens with one attached hydrogen (secondary N) is 1. The van der Waals surface area contributed by atoms with Gasteiger partial charge < -0.3 is 19.5 Å². The number of hydrogen-bond donors (Lipinski definition) is 1. The van der Waals surface area contributed by atoms with Crippen LogP contribution in [-0.2, 0) is 6.54 Å². The van der Waals surface area contributed by atoms with Crippen LogP contribution in [0, 0.1) is 5.82 Å². The first kappa shape index (κ1) is 17.1. The van der Waals surface area contributed by atoms with Gasteiger partial charge in [0.25, 0.3) is 0 Å². The lowest BCUT2D eigenvalue weighted by Gasteiger charge is -2.37. The number of anilines is 1. The van der Waals surface area contributed by atoms with Crippen LogP contribution in [0.2, 0.25) is 0 Å². The second kappa shape index (κ2) is 7.15. The van der Waals surface area contributed by atoms with Gasteiger partial charge >= 0.3 is 6.03 Å². The van der Waals surface area contributed by atoms with E-state index in [1.54, 1.807) is 30.2 Å². The average molecular weight is 365 g/mol. The molecule has 0 fully saturated rings. The molecule has 0 saturated carbocycles. The van der Waals surface area contributed by atoms with Crippen molar-refractivity contribution in [1.82, 2.24) is 9.47 Å². The molecule has 0 aliphatic carbocycles. The first-order chi connectivity index (χ1) is 13.2. The maximum atomic E-state index is 13.9. The second-order valence-corrected chi connectivity index (χ2v) is 6.41. The van der Waals surface area contributed by atoms with E-state index in [0.29, 0.717) is 24.5 Å². The van der Waals surface area contributed by atoms with Crippen LogP contribution in [0.15, 0.2) is 66.9 Å². The zero-order valence-electron chi connectivity index (χ0n) is 14.9. The molecule has 1 N–H and O–H groups in total. The SMILES string of the molecule is COc1ccccc1NC(=O)N1CCn2cccc2C1c1cccc(F)c1. The topological polar surface area (TPSA) is 46.5 Å². The maximum Gasteiger partial charge on any atom is 0.322 e. The lowest BCUT2D eigenvalue weighted by Crippen LogP contribution is -2.44. The number of halogens is 1. The standard InChI is InChI=1S/C21H20FN3O2/c1-27-19-10-3-2-8-17(19)23-21(26)25-13-12-24-11-5-9-18(24)20(25)15-6-4-7-16(22)14-15/h2-11,14,20H,12-13H2,1H3,(H,23,26). The van der Waals surface area contributed by atoms with Crippen molar-refractivity contribution in [1.29, 1.82) is 0 Å². The van der Waals surface area contributed by atoms with Gasteiger partial charge in [0.15, 0.2) is 0 Å². The number of methoxy groups -OCH3 is 1. The normalized spacial score (nSPS) is 15.9. The van der Waals surface area contributed by atoms with E-state index in [2.05, 4.69) is 9.88 Å². The van der Waals surface area contributed by atoms with Gasteiger partial charge in [-0.2, -0.15) is 0 Å². The Morgan fingerprint density at radius 3 is 2.78 bits per heavy atom. The summed E-state index contributed by atoms with van der Waals surface area (Å²) in [6.45, 7) is 1.21. The van der Waals surface area contributed by atoms with Crippen molar-refractivity contribution in [2.75, 3.05) is 19.0 Å². The number of fused-ring (bicyclic) bond motifs is 1. The van der Waals surface area contributed by atoms with Crippen molar-refractivity contribution in [3.63, 3.8) is 0 Å². The van der Waals surface area contributed by atoms with Gasteiger partial charge in [0.1, 0.15) is 11.6 Å². The van der Waals surface area contributed by atoms with Gasteiger partial charge in [-0.15, -0.1) is 0 Å². The van der Waals surface area contributed by atoms with E-state index in [1.807, 2.05) is 36.5 Å². The predicted molar refractivity (Wildman–Crippen MR) is 101 cm³/mol. The Kier molecular flexibility index (Phi) is 4.54. The lowest BCUT2D eigenvalue weighted by atomic mass is 10.00. The third-order valence-electron chi connectivity index (χ3n) is 4.81. The number of rotatable bonds is 3. The van der Waals surface area contributed by atoms with Crippen LogP contribution in [0.1, 0.15) is 17.3 Å². The number of carbonyl (C=O) groups is 1. The van der Waals surface area contributed by atoms with Gasteiger partial charge in [0, 0.05) is 25.0 Å². The fourth-order valence-electron chi connectivity index (χ4n) is 3.56. The summed E-state index contributed by atoms with van der Waals surface area (Å²) in [5.74, 6) is 0.273. The molecular weight excluding hydrogens is 345 g/mol. The summed E-state index contributed by atoms with van der Waals surface area (Å²) in [5, 5.41) is 2.93. The Morgan fingerprint density at radius 2 is 1.96 bits per heavy atom. The van der Waals surface area contributed by atoms with E-state index >= 15 is 0 Å². The summed E-state index contributed by atoms with van der Waals surface area (Å²) >= 11 is 0. The molecule has 3 aromatic rings. The number of para-hydroxylation sites is 2. The van der Waals surface area contributed by atoms with Crippen LogP contribution in [-0.4, -0.2) is 29.2 Å². The van der Waals surface area contributed by atoms with Crippen LogP contribution in [0.3, 0.4) is 0 Å². The minimum atomic E-state index is -0.362. The van der Waals surface area contributed by atoms with Crippen LogP contribution in [0.5, 0.6) is 5.75 Å². The van der Waals surface area contributed by atoms with E-state index < -0.39 is 0 Å². The van der Waals surface area contributed by atoms with Crippen molar-refractivity contribution >= 4 is 11.7 Å². The summed E-state index contributed by atoms with van der Waals surface area (Å²) in [6, 6.07) is 17.0. The predicted octanol–water partition coefficient (Wildman–Crippen LogP) is 4.27. The monoisotopic (exact) mass is 365 g/mol. The maximum absolute atomic E-state index is 13.9. The molecular formula is C21H20FN3O2. The van der Waals surface area contributed by atoms with E-state index in [0.717, 1.165) is 11.3 Å². The molecule has 138 valence electrons. The van der Waals surface area contributed by atoms with E-state index in [9.17, 15) is 9.18 Å². The number of urea groups is 1. The third kappa shape index (κ3) is 3.26. The van der Waals surface area contributed by atoms with Crippen molar-refractivity contribution in [3.8, 4) is 5.75 Å². The molecule has 1 aliphatic heterocycles. The molecule has 1 aromatic heterocycles. The van der Waals surface area contributed by atoms with Crippen LogP contribution in [0.4, 0.5) is 14.9 Å². The molecule has 5 nitrogen and oxygen atoms in total. The number of hydrogen-bond acceptors (Lipinski definition) is 2. The summed E-state index contributed by atoms with van der Waals surface area (Å²) in [4.78, 5) is 14.8. The van der Waals surface area contributed by atoms with Gasteiger partial charge in [-0.05, 0) is 42.0 Å². The zero-order chi connectivity index (χ0) is 18.8. The Morgan fingerprint density at radius 1 is 1.11 bits per heavy atom. The van der Waals surface area contributed by atoms with Gasteiger partial charge in [0.2, 0.25) is 0 Å². The molecule has 1 unspecified atom stereocenters. The molecule has 1 aliphatic rings. The Balaban J connectivity index is 1.69. The van der Waals surface area contributed by atoms with Crippen molar-refractivity contribution in [2.24, 2.45) is 0 Å². The van der Waals surface area contributed by atoms with Crippen LogP contribution >= 0.6 is 0 Å². The summed E-state index contributed by atoms with van der Waals surface area (Å²) in [6.07, 6.45) is 1.98. The number of ether oxygens (including phenoxy) is 1. The summed E-state index contributed by atoms with van der Waals surface area (Å²) in [7, 11) is 1.56. The molecule has 27 heavy (non-hydrogen) atoms. The minimum Gasteiger partial charge on any atom is -0.495 e. The van der Waals surface area contributed by atoms with E-state index in [1.165, 1.54) is 12.1 Å². The Bertz CT molecular complexity index is 969. The average Bonchev–Trinajstić information content (AvgIpc) is 3.16. The molecule has 0 spiro atoms. The number of amides is 2. The van der Waals surface area contributed by atoms with Crippen molar-refractivity contribution in [2.45, 2.75) is 12.6 Å². The smallest absolute Gasteiger partial charge is 0.322 e. The molecule has 0 radical (unpaired) electrons. The highest BCUT2D eigenvalue weighted by Crippen LogP contribution is 2.34. The molecule has 2 amide bonds. The number of benzene rings is 2. The summed E-state index contributed by atoms with van der Waals surface area (Å²) in [5.41, 5.74) is 2.30. The highest BCUT2D eigenvalue weighted by atomic mass is 19.1. The van der Waals surface area contributed by atoms with Crippen molar-refractivity contribution < 1.29 is 13.9 Å². The van der Waals surface area contributed by atoms with Gasteiger partial charge in [-0.3, -0.25) is 0 Å². The first-order valence-electron chi connectivity index (χ1n) is 8.78. The molecule has 1 atom stereocenters. The Hall–Kier alpha value is -3.28. The van der Waals surface area contributed by atoms with E-state index in [4.69, 9.17) is 4.74 Å². The summed E-state index contributed by atoms with van der Waals surface area (Å²) < 4.78 is 21.3. The molecule has 4 rings (SSSR count). The molecule has 2 aromatic carbocycles. The Labute approximate surface area is 157 Å². The number of nitrogens with zero attached hydrogens (tertiary/aromatic N) is 2. The first-order valence-corrected chi connectivity index (χ1v) is 8.78. The molecule has 0 bridgehead atoms. The minimum absolute atomic E-state index is 0.249. The van der Waals surface area contributed by atoms with Crippen LogP contribution in [0.25, 0.3) is 0 Å². The zero-order valence-corrected chi connectivity index (χ0v) is 14.9. The van der Waals surface area contributed by atoms with Gasteiger partial charge in [0.05, 0.1) is 18.8 Å². The highest BCUT2D eigenvalue weighted by Gasteiger charge is 2.32. The second-order valence-electron chi connectivity index (χ2n) is 6.41. The molecule has 6 heteroatoms. The number of carbonyl (C=O) groups excluding carboxylic acids is 1. The fraction of sp³-hybridized carbons (Fsp3) is 0.190. The highest BCUT2D eigenvalue weighted by molar-refractivity contribution is 5.91. The third-order valence-corrected chi connectivity index (χ3v) is 4.81. The van der Waals surface area contributed by atoms with Gasteiger partial charge in [-0.25, -0.2) is 9.18 Å². The molecule has 2 heterocycles.